The minimum atomic E-state index is -2.96. The number of rotatable bonds is 7. The van der Waals surface area contributed by atoms with Crippen LogP contribution >= 0.6 is 0 Å². The van der Waals surface area contributed by atoms with Gasteiger partial charge in [-0.25, -0.2) is 4.79 Å². The number of amides is 2. The molecule has 1 heterocycles. The number of halogens is 2. The Hall–Kier alpha value is -2.25. The second kappa shape index (κ2) is 7.33. The number of ether oxygens (including phenoxy) is 3. The Balaban J connectivity index is 1.59. The number of alkyl halides is 2. The second-order valence-electron chi connectivity index (χ2n) is 6.44. The molecule has 0 bridgehead atoms. The number of benzene rings is 1. The zero-order chi connectivity index (χ0) is 17.9. The van der Waals surface area contributed by atoms with Gasteiger partial charge in [0.2, 0.25) is 6.79 Å². The number of hydrogen-bond acceptors (Lipinski definition) is 4. The molecule has 1 fully saturated rings. The van der Waals surface area contributed by atoms with Gasteiger partial charge in [-0.3, -0.25) is 0 Å². The van der Waals surface area contributed by atoms with E-state index < -0.39 is 6.61 Å². The summed E-state index contributed by atoms with van der Waals surface area (Å²) in [6.45, 7) is -0.143. The van der Waals surface area contributed by atoms with Crippen LogP contribution in [-0.4, -0.2) is 26.0 Å². The van der Waals surface area contributed by atoms with Crippen LogP contribution in [0.2, 0.25) is 0 Å². The van der Waals surface area contributed by atoms with Crippen molar-refractivity contribution in [3.8, 4) is 17.2 Å². The van der Waals surface area contributed by atoms with Gasteiger partial charge >= 0.3 is 12.6 Å². The van der Waals surface area contributed by atoms with Gasteiger partial charge < -0.3 is 24.8 Å². The number of nitrogens with one attached hydrogen (secondary N) is 2. The van der Waals surface area contributed by atoms with E-state index in [0.717, 1.165) is 19.3 Å². The van der Waals surface area contributed by atoms with Gasteiger partial charge in [0.15, 0.2) is 11.5 Å². The molecule has 1 aliphatic heterocycles. The Morgan fingerprint density at radius 1 is 1.28 bits per heavy atom. The van der Waals surface area contributed by atoms with Crippen LogP contribution in [0.4, 0.5) is 13.6 Å². The highest BCUT2D eigenvalue weighted by molar-refractivity contribution is 5.74. The third kappa shape index (κ3) is 4.05. The van der Waals surface area contributed by atoms with E-state index in [-0.39, 0.29) is 30.5 Å². The van der Waals surface area contributed by atoms with Gasteiger partial charge in [0.1, 0.15) is 5.75 Å². The summed E-state index contributed by atoms with van der Waals surface area (Å²) in [4.78, 5) is 12.0. The lowest BCUT2D eigenvalue weighted by molar-refractivity contribution is -0.0505. The largest absolute Gasteiger partial charge is 0.454 e. The van der Waals surface area contributed by atoms with Crippen LogP contribution in [0, 0.1) is 5.41 Å². The van der Waals surface area contributed by atoms with Crippen molar-refractivity contribution in [3.05, 3.63) is 17.7 Å². The molecular weight excluding hydrogens is 334 g/mol. The van der Waals surface area contributed by atoms with Crippen molar-refractivity contribution < 1.29 is 27.8 Å². The van der Waals surface area contributed by atoms with Crippen molar-refractivity contribution in [3.63, 3.8) is 0 Å². The van der Waals surface area contributed by atoms with E-state index in [2.05, 4.69) is 22.3 Å². The van der Waals surface area contributed by atoms with Crippen molar-refractivity contribution in [1.82, 2.24) is 10.6 Å². The fraction of sp³-hybridized carbons (Fsp3) is 0.588. The van der Waals surface area contributed by atoms with Gasteiger partial charge in [0.05, 0.1) is 0 Å². The standard InChI is InChI=1S/C17H22F2N2O4/c1-2-17(4-3-5-17)9-21-16(22)20-8-11-6-13-14(24-10-23-13)7-12(11)25-15(18)19/h6-7,15H,2-5,8-10H2,1H3,(H2,20,21,22). The molecule has 25 heavy (non-hydrogen) atoms. The smallest absolute Gasteiger partial charge is 0.387 e. The van der Waals surface area contributed by atoms with E-state index in [1.54, 1.807) is 6.07 Å². The average molecular weight is 356 g/mol. The summed E-state index contributed by atoms with van der Waals surface area (Å²) in [5.74, 6) is 0.750. The van der Waals surface area contributed by atoms with E-state index in [0.29, 0.717) is 23.6 Å². The lowest BCUT2D eigenvalue weighted by Gasteiger charge is -2.41. The maximum atomic E-state index is 12.6. The molecule has 8 heteroatoms. The summed E-state index contributed by atoms with van der Waals surface area (Å²) >= 11 is 0. The summed E-state index contributed by atoms with van der Waals surface area (Å²) in [5.41, 5.74) is 0.605. The van der Waals surface area contributed by atoms with E-state index >= 15 is 0 Å². The number of fused-ring (bicyclic) bond motifs is 1. The first kappa shape index (κ1) is 17.6. The third-order valence-corrected chi connectivity index (χ3v) is 5.00. The predicted octanol–water partition coefficient (Wildman–Crippen LogP) is 3.40. The number of hydrogen-bond donors (Lipinski definition) is 2. The summed E-state index contributed by atoms with van der Waals surface area (Å²) < 4.78 is 40.1. The average Bonchev–Trinajstić information content (AvgIpc) is 2.98. The first-order valence-electron chi connectivity index (χ1n) is 8.40. The zero-order valence-corrected chi connectivity index (χ0v) is 14.1. The molecule has 0 unspecified atom stereocenters. The van der Waals surface area contributed by atoms with Crippen LogP contribution < -0.4 is 24.8 Å². The first-order valence-corrected chi connectivity index (χ1v) is 8.40. The quantitative estimate of drug-likeness (QED) is 0.786. The topological polar surface area (TPSA) is 68.8 Å². The first-order chi connectivity index (χ1) is 12.0. The highest BCUT2D eigenvalue weighted by Gasteiger charge is 2.35. The number of carbonyl (C=O) groups excluding carboxylic acids is 1. The van der Waals surface area contributed by atoms with Crippen LogP contribution in [0.25, 0.3) is 0 Å². The normalized spacial score (nSPS) is 17.1. The van der Waals surface area contributed by atoms with E-state index in [9.17, 15) is 13.6 Å². The molecule has 1 aliphatic carbocycles. The zero-order valence-electron chi connectivity index (χ0n) is 14.1. The highest BCUT2D eigenvalue weighted by Crippen LogP contribution is 2.43. The van der Waals surface area contributed by atoms with E-state index in [1.807, 2.05) is 0 Å². The molecule has 138 valence electrons. The van der Waals surface area contributed by atoms with Crippen LogP contribution in [0.5, 0.6) is 17.2 Å². The summed E-state index contributed by atoms with van der Waals surface area (Å²) in [6.07, 6.45) is 4.47. The van der Waals surface area contributed by atoms with Gasteiger partial charge in [0, 0.05) is 24.7 Å². The Morgan fingerprint density at radius 2 is 2.00 bits per heavy atom. The lowest BCUT2D eigenvalue weighted by Crippen LogP contribution is -2.45. The van der Waals surface area contributed by atoms with E-state index in [4.69, 9.17) is 9.47 Å². The van der Waals surface area contributed by atoms with Crippen molar-refractivity contribution in [2.45, 2.75) is 45.8 Å². The van der Waals surface area contributed by atoms with Gasteiger partial charge in [-0.2, -0.15) is 8.78 Å². The van der Waals surface area contributed by atoms with Gasteiger partial charge in [-0.05, 0) is 30.7 Å². The molecule has 3 rings (SSSR count). The number of urea groups is 1. The molecule has 2 N–H and O–H groups in total. The molecule has 2 aliphatic rings. The number of carbonyl (C=O) groups is 1. The van der Waals surface area contributed by atoms with Crippen LogP contribution in [0.3, 0.4) is 0 Å². The van der Waals surface area contributed by atoms with Crippen LogP contribution in [0.1, 0.15) is 38.2 Å². The molecule has 1 aromatic carbocycles. The van der Waals surface area contributed by atoms with Crippen LogP contribution in [-0.2, 0) is 6.54 Å². The van der Waals surface area contributed by atoms with E-state index in [1.165, 1.54) is 12.5 Å². The van der Waals surface area contributed by atoms with Gasteiger partial charge in [0.25, 0.3) is 0 Å². The highest BCUT2D eigenvalue weighted by atomic mass is 19.3. The molecule has 0 atom stereocenters. The minimum absolute atomic E-state index is 0.0277. The Kier molecular flexibility index (Phi) is 5.15. The fourth-order valence-corrected chi connectivity index (χ4v) is 3.15. The van der Waals surface area contributed by atoms with Gasteiger partial charge in [-0.1, -0.05) is 13.3 Å². The van der Waals surface area contributed by atoms with Crippen molar-refractivity contribution >= 4 is 6.03 Å². The summed E-state index contributed by atoms with van der Waals surface area (Å²) in [7, 11) is 0. The third-order valence-electron chi connectivity index (χ3n) is 5.00. The Labute approximate surface area is 144 Å². The maximum absolute atomic E-state index is 12.6. The second-order valence-corrected chi connectivity index (χ2v) is 6.44. The van der Waals surface area contributed by atoms with Gasteiger partial charge in [-0.15, -0.1) is 0 Å². The molecule has 1 aromatic rings. The molecule has 6 nitrogen and oxygen atoms in total. The predicted molar refractivity (Wildman–Crippen MR) is 86.0 cm³/mol. The monoisotopic (exact) mass is 356 g/mol. The minimum Gasteiger partial charge on any atom is -0.454 e. The molecular formula is C17H22F2N2O4. The summed E-state index contributed by atoms with van der Waals surface area (Å²) in [6, 6.07) is 2.56. The molecule has 0 aromatic heterocycles. The van der Waals surface area contributed by atoms with Crippen LogP contribution in [0.15, 0.2) is 12.1 Å². The van der Waals surface area contributed by atoms with Crippen molar-refractivity contribution in [2.75, 3.05) is 13.3 Å². The molecule has 0 spiro atoms. The summed E-state index contributed by atoms with van der Waals surface area (Å²) in [5, 5.41) is 5.54. The SMILES string of the molecule is CCC1(CNC(=O)NCc2cc3c(cc2OC(F)F)OCO3)CCC1. The maximum Gasteiger partial charge on any atom is 0.387 e. The molecule has 0 saturated heterocycles. The Morgan fingerprint density at radius 3 is 2.60 bits per heavy atom. The molecule has 0 radical (unpaired) electrons. The molecule has 2 amide bonds. The fourth-order valence-electron chi connectivity index (χ4n) is 3.15. The Bertz CT molecular complexity index is 630. The van der Waals surface area contributed by atoms with Crippen molar-refractivity contribution in [1.29, 1.82) is 0 Å². The lowest BCUT2D eigenvalue weighted by atomic mass is 9.67. The van der Waals surface area contributed by atoms with Crippen molar-refractivity contribution in [2.24, 2.45) is 5.41 Å². The molecule has 1 saturated carbocycles.